The number of ether oxygens (including phenoxy) is 2. The van der Waals surface area contributed by atoms with Crippen LogP contribution in [0.1, 0.15) is 13.3 Å². The summed E-state index contributed by atoms with van der Waals surface area (Å²) >= 11 is 0. The maximum atomic E-state index is 11.5. The van der Waals surface area contributed by atoms with Gasteiger partial charge in [0.1, 0.15) is 0 Å². The van der Waals surface area contributed by atoms with Crippen LogP contribution in [0.5, 0.6) is 5.88 Å². The zero-order valence-corrected chi connectivity index (χ0v) is 10.3. The molecule has 0 aliphatic rings. The van der Waals surface area contributed by atoms with Crippen LogP contribution in [0.25, 0.3) is 0 Å². The Morgan fingerprint density at radius 2 is 2.28 bits per heavy atom. The van der Waals surface area contributed by atoms with Crippen LogP contribution in [0.15, 0.2) is 16.9 Å². The molecule has 0 spiro atoms. The number of hydrogen-bond donors (Lipinski definition) is 1. The second-order valence-corrected chi connectivity index (χ2v) is 3.56. The SMILES string of the molecule is CCOC(=O)CC(O)Cn1nc(OC)ccc1=O. The number of carbonyl (C=O) groups is 1. The van der Waals surface area contributed by atoms with E-state index in [4.69, 9.17) is 9.47 Å². The van der Waals surface area contributed by atoms with Crippen molar-refractivity contribution < 1.29 is 19.4 Å². The normalized spacial score (nSPS) is 11.9. The molecule has 7 nitrogen and oxygen atoms in total. The summed E-state index contributed by atoms with van der Waals surface area (Å²) in [5, 5.41) is 13.5. The Balaban J connectivity index is 2.66. The van der Waals surface area contributed by atoms with Gasteiger partial charge in [-0.05, 0) is 6.92 Å². The number of aliphatic hydroxyl groups is 1. The van der Waals surface area contributed by atoms with Gasteiger partial charge < -0.3 is 14.6 Å². The predicted molar refractivity (Wildman–Crippen MR) is 62.3 cm³/mol. The minimum absolute atomic E-state index is 0.0884. The molecule has 1 unspecified atom stereocenters. The molecule has 0 fully saturated rings. The van der Waals surface area contributed by atoms with Gasteiger partial charge in [-0.25, -0.2) is 4.68 Å². The smallest absolute Gasteiger partial charge is 0.308 e. The molecule has 1 aromatic heterocycles. The van der Waals surface area contributed by atoms with Crippen molar-refractivity contribution in [2.75, 3.05) is 13.7 Å². The van der Waals surface area contributed by atoms with Crippen molar-refractivity contribution in [2.24, 2.45) is 0 Å². The Morgan fingerprint density at radius 1 is 1.56 bits per heavy atom. The van der Waals surface area contributed by atoms with Crippen LogP contribution in [0.4, 0.5) is 0 Å². The second-order valence-electron chi connectivity index (χ2n) is 3.56. The van der Waals surface area contributed by atoms with E-state index in [0.717, 1.165) is 4.68 Å². The van der Waals surface area contributed by atoms with Crippen LogP contribution in [-0.4, -0.2) is 40.7 Å². The Labute approximate surface area is 104 Å². The number of methoxy groups -OCH3 is 1. The summed E-state index contributed by atoms with van der Waals surface area (Å²) in [4.78, 5) is 22.6. The van der Waals surface area contributed by atoms with Crippen molar-refractivity contribution >= 4 is 5.97 Å². The summed E-state index contributed by atoms with van der Waals surface area (Å²) in [5.41, 5.74) is -0.376. The van der Waals surface area contributed by atoms with Crippen LogP contribution in [0.3, 0.4) is 0 Å². The standard InChI is InChI=1S/C11H16N2O5/c1-3-18-11(16)6-8(14)7-13-10(15)5-4-9(12-13)17-2/h4-5,8,14H,3,6-7H2,1-2H3. The molecule has 1 rings (SSSR count). The first-order chi connectivity index (χ1) is 8.56. The van der Waals surface area contributed by atoms with Crippen LogP contribution in [0.2, 0.25) is 0 Å². The van der Waals surface area contributed by atoms with Gasteiger partial charge in [0.2, 0.25) is 5.88 Å². The van der Waals surface area contributed by atoms with Gasteiger partial charge in [-0.1, -0.05) is 0 Å². The molecule has 0 aromatic carbocycles. The lowest BCUT2D eigenvalue weighted by atomic mass is 10.2. The van der Waals surface area contributed by atoms with Crippen molar-refractivity contribution in [1.29, 1.82) is 0 Å². The third kappa shape index (κ3) is 4.17. The molecule has 0 aliphatic carbocycles. The van der Waals surface area contributed by atoms with Crippen molar-refractivity contribution in [2.45, 2.75) is 26.0 Å². The largest absolute Gasteiger partial charge is 0.480 e. The van der Waals surface area contributed by atoms with E-state index in [1.165, 1.54) is 19.2 Å². The number of aromatic nitrogens is 2. The molecule has 1 aromatic rings. The third-order valence-corrected chi connectivity index (χ3v) is 2.14. The molecule has 18 heavy (non-hydrogen) atoms. The molecule has 0 saturated heterocycles. The first kappa shape index (κ1) is 14.2. The van der Waals surface area contributed by atoms with Gasteiger partial charge in [0.15, 0.2) is 0 Å². The fourth-order valence-electron chi connectivity index (χ4n) is 1.35. The second kappa shape index (κ2) is 6.75. The monoisotopic (exact) mass is 256 g/mol. The Morgan fingerprint density at radius 3 is 2.89 bits per heavy atom. The quantitative estimate of drug-likeness (QED) is 0.694. The molecule has 1 atom stereocenters. The van der Waals surface area contributed by atoms with Crippen molar-refractivity contribution in [1.82, 2.24) is 9.78 Å². The van der Waals surface area contributed by atoms with Gasteiger partial charge in [-0.15, -0.1) is 5.10 Å². The van der Waals surface area contributed by atoms with Gasteiger partial charge in [0.05, 0.1) is 32.8 Å². The molecule has 1 N–H and O–H groups in total. The van der Waals surface area contributed by atoms with Crippen molar-refractivity contribution in [3.05, 3.63) is 22.5 Å². The third-order valence-electron chi connectivity index (χ3n) is 2.14. The highest BCUT2D eigenvalue weighted by Gasteiger charge is 2.13. The van der Waals surface area contributed by atoms with E-state index in [0.29, 0.717) is 0 Å². The minimum Gasteiger partial charge on any atom is -0.480 e. The molecule has 0 bridgehead atoms. The highest BCUT2D eigenvalue weighted by molar-refractivity contribution is 5.69. The lowest BCUT2D eigenvalue weighted by Crippen LogP contribution is -2.30. The summed E-state index contributed by atoms with van der Waals surface area (Å²) in [6.07, 6.45) is -1.21. The molecule has 0 saturated carbocycles. The van der Waals surface area contributed by atoms with Crippen LogP contribution < -0.4 is 10.3 Å². The van der Waals surface area contributed by atoms with Gasteiger partial charge >= 0.3 is 5.97 Å². The average molecular weight is 256 g/mol. The van der Waals surface area contributed by atoms with Crippen molar-refractivity contribution in [3.63, 3.8) is 0 Å². The van der Waals surface area contributed by atoms with E-state index in [1.807, 2.05) is 0 Å². The Hall–Kier alpha value is -1.89. The number of rotatable bonds is 6. The van der Waals surface area contributed by atoms with Gasteiger partial charge in [-0.3, -0.25) is 9.59 Å². The minimum atomic E-state index is -1.03. The number of esters is 1. The zero-order chi connectivity index (χ0) is 13.5. The molecular formula is C11H16N2O5. The molecule has 0 amide bonds. The first-order valence-electron chi connectivity index (χ1n) is 5.52. The summed E-state index contributed by atoms with van der Waals surface area (Å²) in [6, 6.07) is 2.71. The van der Waals surface area contributed by atoms with Crippen molar-refractivity contribution in [3.8, 4) is 5.88 Å². The van der Waals surface area contributed by atoms with Gasteiger partial charge in [0.25, 0.3) is 5.56 Å². The van der Waals surface area contributed by atoms with E-state index >= 15 is 0 Å². The topological polar surface area (TPSA) is 90.7 Å². The predicted octanol–water partition coefficient (Wildman–Crippen LogP) is -0.434. The summed E-state index contributed by atoms with van der Waals surface area (Å²) in [7, 11) is 1.42. The summed E-state index contributed by atoms with van der Waals surface area (Å²) < 4.78 is 10.6. The van der Waals surface area contributed by atoms with E-state index in [-0.39, 0.29) is 31.0 Å². The van der Waals surface area contributed by atoms with Crippen LogP contribution in [-0.2, 0) is 16.1 Å². The Kier molecular flexibility index (Phi) is 5.31. The number of carbonyl (C=O) groups excluding carboxylic acids is 1. The van der Waals surface area contributed by atoms with Gasteiger partial charge in [0, 0.05) is 12.1 Å². The molecule has 0 radical (unpaired) electrons. The fourth-order valence-corrected chi connectivity index (χ4v) is 1.35. The van der Waals surface area contributed by atoms with Crippen LogP contribution >= 0.6 is 0 Å². The Bertz CT molecular complexity index is 457. The lowest BCUT2D eigenvalue weighted by molar-refractivity contribution is -0.145. The fraction of sp³-hybridized carbons (Fsp3) is 0.545. The average Bonchev–Trinajstić information content (AvgIpc) is 2.32. The molecule has 100 valence electrons. The molecule has 7 heteroatoms. The number of aliphatic hydroxyl groups excluding tert-OH is 1. The van der Waals surface area contributed by atoms with E-state index < -0.39 is 12.1 Å². The van der Waals surface area contributed by atoms with Gasteiger partial charge in [-0.2, -0.15) is 0 Å². The van der Waals surface area contributed by atoms with E-state index in [2.05, 4.69) is 5.10 Å². The molecule has 0 aliphatic heterocycles. The number of hydrogen-bond acceptors (Lipinski definition) is 6. The molecule has 1 heterocycles. The van der Waals surface area contributed by atoms with E-state index in [9.17, 15) is 14.7 Å². The first-order valence-corrected chi connectivity index (χ1v) is 5.52. The summed E-state index contributed by atoms with van der Waals surface area (Å²) in [5.74, 6) is -0.251. The maximum Gasteiger partial charge on any atom is 0.308 e. The van der Waals surface area contributed by atoms with E-state index in [1.54, 1.807) is 6.92 Å². The highest BCUT2D eigenvalue weighted by atomic mass is 16.5. The van der Waals surface area contributed by atoms with Crippen LogP contribution in [0, 0.1) is 0 Å². The highest BCUT2D eigenvalue weighted by Crippen LogP contribution is 2.02. The zero-order valence-electron chi connectivity index (χ0n) is 10.3. The maximum absolute atomic E-state index is 11.5. The molecular weight excluding hydrogens is 240 g/mol. The number of nitrogens with zero attached hydrogens (tertiary/aromatic N) is 2. The summed E-state index contributed by atoms with van der Waals surface area (Å²) in [6.45, 7) is 1.84. The lowest BCUT2D eigenvalue weighted by Gasteiger charge is -2.11.